The van der Waals surface area contributed by atoms with E-state index in [0.717, 1.165) is 0 Å². The largest absolute Gasteiger partial charge is 0.492 e. The number of benzene rings is 1. The molecule has 1 aromatic carbocycles. The minimum absolute atomic E-state index is 0.162. The Morgan fingerprint density at radius 3 is 3.00 bits per heavy atom. The summed E-state index contributed by atoms with van der Waals surface area (Å²) in [4.78, 5) is 10.8. The van der Waals surface area contributed by atoms with Gasteiger partial charge in [0, 0.05) is 0 Å². The SMILES string of the molecule is Cc1cc(F)cc2c1OC[C@@H](C(=O)O)C2. The number of aryl methyl sites for hydroxylation is 1. The third-order valence-corrected chi connectivity index (χ3v) is 2.56. The van der Waals surface area contributed by atoms with E-state index in [1.54, 1.807) is 6.92 Å². The molecule has 0 fully saturated rings. The number of carbonyl (C=O) groups is 1. The first-order valence-corrected chi connectivity index (χ1v) is 4.72. The van der Waals surface area contributed by atoms with E-state index >= 15 is 0 Å². The second kappa shape index (κ2) is 3.53. The van der Waals surface area contributed by atoms with E-state index < -0.39 is 11.9 Å². The van der Waals surface area contributed by atoms with E-state index in [1.807, 2.05) is 0 Å². The molecule has 0 aromatic heterocycles. The summed E-state index contributed by atoms with van der Waals surface area (Å²) in [5.41, 5.74) is 1.36. The fourth-order valence-corrected chi connectivity index (χ4v) is 1.82. The molecule has 1 heterocycles. The second-order valence-electron chi connectivity index (χ2n) is 3.76. The van der Waals surface area contributed by atoms with Crippen LogP contribution < -0.4 is 4.74 Å². The molecule has 1 N–H and O–H groups in total. The summed E-state index contributed by atoms with van der Waals surface area (Å²) in [7, 11) is 0. The summed E-state index contributed by atoms with van der Waals surface area (Å²) in [6.45, 7) is 1.91. The van der Waals surface area contributed by atoms with Crippen LogP contribution in [0, 0.1) is 18.7 Å². The molecule has 4 heteroatoms. The number of hydrogen-bond acceptors (Lipinski definition) is 2. The molecule has 1 aliphatic rings. The van der Waals surface area contributed by atoms with Crippen molar-refractivity contribution in [2.45, 2.75) is 13.3 Å². The van der Waals surface area contributed by atoms with Gasteiger partial charge in [-0.05, 0) is 36.6 Å². The van der Waals surface area contributed by atoms with Crippen LogP contribution in [0.3, 0.4) is 0 Å². The van der Waals surface area contributed by atoms with Crippen molar-refractivity contribution in [3.05, 3.63) is 29.1 Å². The van der Waals surface area contributed by atoms with E-state index in [2.05, 4.69) is 0 Å². The number of rotatable bonds is 1. The Bertz CT molecular complexity index is 415. The van der Waals surface area contributed by atoms with Gasteiger partial charge in [-0.2, -0.15) is 0 Å². The maximum absolute atomic E-state index is 13.1. The van der Waals surface area contributed by atoms with Crippen molar-refractivity contribution < 1.29 is 19.0 Å². The molecule has 3 nitrogen and oxygen atoms in total. The van der Waals surface area contributed by atoms with Crippen LogP contribution in [-0.4, -0.2) is 17.7 Å². The van der Waals surface area contributed by atoms with Crippen molar-refractivity contribution in [2.24, 2.45) is 5.92 Å². The molecule has 0 spiro atoms. The third kappa shape index (κ3) is 1.79. The summed E-state index contributed by atoms with van der Waals surface area (Å²) < 4.78 is 18.4. The van der Waals surface area contributed by atoms with Gasteiger partial charge in [-0.15, -0.1) is 0 Å². The van der Waals surface area contributed by atoms with Crippen LogP contribution in [0.1, 0.15) is 11.1 Å². The first-order chi connectivity index (χ1) is 7.08. The van der Waals surface area contributed by atoms with Crippen LogP contribution >= 0.6 is 0 Å². The fourth-order valence-electron chi connectivity index (χ4n) is 1.82. The standard InChI is InChI=1S/C11H11FO3/c1-6-2-9(12)4-7-3-8(11(13)14)5-15-10(6)7/h2,4,8H,3,5H2,1H3,(H,13,14)/t8-/m0/s1. The molecule has 0 bridgehead atoms. The minimum Gasteiger partial charge on any atom is -0.492 e. The van der Waals surface area contributed by atoms with E-state index in [0.29, 0.717) is 23.3 Å². The lowest BCUT2D eigenvalue weighted by molar-refractivity contribution is -0.143. The van der Waals surface area contributed by atoms with E-state index in [1.165, 1.54) is 12.1 Å². The summed E-state index contributed by atoms with van der Waals surface area (Å²) in [6, 6.07) is 2.73. The molecule has 0 saturated carbocycles. The van der Waals surface area contributed by atoms with Crippen LogP contribution in [-0.2, 0) is 11.2 Å². The maximum Gasteiger partial charge on any atom is 0.310 e. The quantitative estimate of drug-likeness (QED) is 0.768. The number of hydrogen-bond donors (Lipinski definition) is 1. The van der Waals surface area contributed by atoms with Gasteiger partial charge < -0.3 is 9.84 Å². The smallest absolute Gasteiger partial charge is 0.310 e. The number of carboxylic acids is 1. The molecule has 0 unspecified atom stereocenters. The Labute approximate surface area is 86.5 Å². The second-order valence-corrected chi connectivity index (χ2v) is 3.76. The molecule has 80 valence electrons. The Morgan fingerprint density at radius 2 is 2.33 bits per heavy atom. The van der Waals surface area contributed by atoms with Gasteiger partial charge in [0.15, 0.2) is 0 Å². The maximum atomic E-state index is 13.1. The molecule has 0 aliphatic carbocycles. The highest BCUT2D eigenvalue weighted by molar-refractivity contribution is 5.71. The van der Waals surface area contributed by atoms with Gasteiger partial charge in [0.25, 0.3) is 0 Å². The number of aliphatic carboxylic acids is 1. The lowest BCUT2D eigenvalue weighted by Crippen LogP contribution is -2.28. The van der Waals surface area contributed by atoms with Crippen LogP contribution in [0.2, 0.25) is 0 Å². The lowest BCUT2D eigenvalue weighted by Gasteiger charge is -2.23. The van der Waals surface area contributed by atoms with E-state index in [-0.39, 0.29) is 12.4 Å². The van der Waals surface area contributed by atoms with Gasteiger partial charge in [-0.1, -0.05) is 0 Å². The average Bonchev–Trinajstić information content (AvgIpc) is 2.16. The predicted octanol–water partition coefficient (Wildman–Crippen LogP) is 1.77. The number of fused-ring (bicyclic) bond motifs is 1. The molecule has 0 amide bonds. The molecule has 1 aromatic rings. The highest BCUT2D eigenvalue weighted by atomic mass is 19.1. The van der Waals surface area contributed by atoms with Gasteiger partial charge in [-0.3, -0.25) is 4.79 Å². The summed E-state index contributed by atoms with van der Waals surface area (Å²) in [5, 5.41) is 8.83. The van der Waals surface area contributed by atoms with Gasteiger partial charge in [0.2, 0.25) is 0 Å². The lowest BCUT2D eigenvalue weighted by atomic mass is 9.95. The zero-order valence-electron chi connectivity index (χ0n) is 8.29. The number of ether oxygens (including phenoxy) is 1. The fraction of sp³-hybridized carbons (Fsp3) is 0.364. The van der Waals surface area contributed by atoms with Gasteiger partial charge in [-0.25, -0.2) is 4.39 Å². The predicted molar refractivity (Wildman–Crippen MR) is 51.5 cm³/mol. The molecule has 15 heavy (non-hydrogen) atoms. The Kier molecular flexibility index (Phi) is 2.34. The van der Waals surface area contributed by atoms with Gasteiger partial charge in [0.05, 0.1) is 5.92 Å². The molecule has 1 atom stereocenters. The van der Waals surface area contributed by atoms with Crippen molar-refractivity contribution in [2.75, 3.05) is 6.61 Å². The topological polar surface area (TPSA) is 46.5 Å². The van der Waals surface area contributed by atoms with E-state index in [9.17, 15) is 9.18 Å². The molecule has 0 radical (unpaired) electrons. The van der Waals surface area contributed by atoms with Crippen molar-refractivity contribution in [3.8, 4) is 5.75 Å². The third-order valence-electron chi connectivity index (χ3n) is 2.56. The van der Waals surface area contributed by atoms with Crippen molar-refractivity contribution in [3.63, 3.8) is 0 Å². The number of halogens is 1. The van der Waals surface area contributed by atoms with Crippen molar-refractivity contribution in [1.29, 1.82) is 0 Å². The van der Waals surface area contributed by atoms with E-state index in [4.69, 9.17) is 9.84 Å². The first kappa shape index (κ1) is 9.96. The summed E-state index contributed by atoms with van der Waals surface area (Å²) in [5.74, 6) is -1.18. The zero-order valence-corrected chi connectivity index (χ0v) is 8.29. The highest BCUT2D eigenvalue weighted by Gasteiger charge is 2.26. The minimum atomic E-state index is -0.900. The average molecular weight is 210 g/mol. The molecular weight excluding hydrogens is 199 g/mol. The zero-order chi connectivity index (χ0) is 11.0. The van der Waals surface area contributed by atoms with Crippen LogP contribution in [0.4, 0.5) is 4.39 Å². The molecule has 0 saturated heterocycles. The monoisotopic (exact) mass is 210 g/mol. The normalized spacial score (nSPS) is 19.2. The van der Waals surface area contributed by atoms with Crippen LogP contribution in [0.5, 0.6) is 5.75 Å². The molecular formula is C11H11FO3. The summed E-state index contributed by atoms with van der Waals surface area (Å²) in [6.07, 6.45) is 0.337. The van der Waals surface area contributed by atoms with Gasteiger partial charge >= 0.3 is 5.97 Å². The Hall–Kier alpha value is -1.58. The first-order valence-electron chi connectivity index (χ1n) is 4.72. The van der Waals surface area contributed by atoms with Crippen molar-refractivity contribution in [1.82, 2.24) is 0 Å². The molecule has 2 rings (SSSR count). The van der Waals surface area contributed by atoms with Gasteiger partial charge in [0.1, 0.15) is 18.2 Å². The highest BCUT2D eigenvalue weighted by Crippen LogP contribution is 2.31. The summed E-state index contributed by atoms with van der Waals surface area (Å²) >= 11 is 0. The molecule has 1 aliphatic heterocycles. The Morgan fingerprint density at radius 1 is 1.60 bits per heavy atom. The van der Waals surface area contributed by atoms with Crippen LogP contribution in [0.25, 0.3) is 0 Å². The van der Waals surface area contributed by atoms with Crippen LogP contribution in [0.15, 0.2) is 12.1 Å². The van der Waals surface area contributed by atoms with Crippen molar-refractivity contribution >= 4 is 5.97 Å². The Balaban J connectivity index is 2.37. The number of carboxylic acid groups (broad SMARTS) is 1.